The van der Waals surface area contributed by atoms with Gasteiger partial charge in [0.05, 0.1) is 0 Å². The Morgan fingerprint density at radius 1 is 1.36 bits per heavy atom. The molecule has 0 bridgehead atoms. The van der Waals surface area contributed by atoms with Crippen LogP contribution in [-0.4, -0.2) is 5.84 Å². The topological polar surface area (TPSA) is 33.6 Å². The summed E-state index contributed by atoms with van der Waals surface area (Å²) in [5.41, 5.74) is 3.19. The maximum atomic E-state index is 4.92. The van der Waals surface area contributed by atoms with Gasteiger partial charge in [-0.1, -0.05) is 27.2 Å². The van der Waals surface area contributed by atoms with Crippen LogP contribution in [0.25, 0.3) is 0 Å². The SMILES string of the molecule is C=C1N=C(CCCCC(C)(C)C)NO1. The molecule has 0 fully saturated rings. The third-order valence-electron chi connectivity index (χ3n) is 2.14. The molecule has 0 aliphatic carbocycles. The molecule has 0 spiro atoms. The van der Waals surface area contributed by atoms with E-state index in [1.54, 1.807) is 0 Å². The van der Waals surface area contributed by atoms with Crippen molar-refractivity contribution in [2.75, 3.05) is 0 Å². The molecule has 0 saturated heterocycles. The van der Waals surface area contributed by atoms with Crippen molar-refractivity contribution in [2.24, 2.45) is 10.4 Å². The van der Waals surface area contributed by atoms with Crippen molar-refractivity contribution in [3.05, 3.63) is 12.5 Å². The monoisotopic (exact) mass is 196 g/mol. The molecule has 14 heavy (non-hydrogen) atoms. The second-order valence-electron chi connectivity index (χ2n) is 4.92. The number of hydrogen-bond donors (Lipinski definition) is 1. The number of hydrogen-bond acceptors (Lipinski definition) is 3. The zero-order valence-electron chi connectivity index (χ0n) is 9.39. The molecule has 3 heteroatoms. The molecular formula is C11H20N2O. The molecule has 0 saturated carbocycles. The minimum Gasteiger partial charge on any atom is -0.361 e. The molecule has 3 nitrogen and oxygen atoms in total. The second-order valence-corrected chi connectivity index (χ2v) is 4.92. The summed E-state index contributed by atoms with van der Waals surface area (Å²) in [6.45, 7) is 10.4. The summed E-state index contributed by atoms with van der Waals surface area (Å²) in [5.74, 6) is 1.37. The van der Waals surface area contributed by atoms with Crippen molar-refractivity contribution >= 4 is 5.84 Å². The first-order chi connectivity index (χ1) is 6.47. The van der Waals surface area contributed by atoms with Crippen molar-refractivity contribution in [1.82, 2.24) is 5.48 Å². The van der Waals surface area contributed by atoms with E-state index in [0.29, 0.717) is 11.3 Å². The second kappa shape index (κ2) is 4.49. The van der Waals surface area contributed by atoms with Crippen LogP contribution in [0.1, 0.15) is 46.5 Å². The van der Waals surface area contributed by atoms with Gasteiger partial charge in [-0.05, 0) is 24.8 Å². The standard InChI is InChI=1S/C11H20N2O/c1-9-12-10(13-14-9)7-5-6-8-11(2,3)4/h1,5-8H2,2-4H3,(H,12,13). The summed E-state index contributed by atoms with van der Waals surface area (Å²) in [4.78, 5) is 9.03. The molecule has 1 rings (SSSR count). The maximum Gasteiger partial charge on any atom is 0.240 e. The van der Waals surface area contributed by atoms with Crippen molar-refractivity contribution < 1.29 is 4.84 Å². The number of hydroxylamine groups is 1. The van der Waals surface area contributed by atoms with E-state index in [1.807, 2.05) is 0 Å². The van der Waals surface area contributed by atoms with E-state index in [9.17, 15) is 0 Å². The van der Waals surface area contributed by atoms with Gasteiger partial charge in [-0.25, -0.2) is 5.48 Å². The van der Waals surface area contributed by atoms with Crippen LogP contribution in [0.15, 0.2) is 17.5 Å². The summed E-state index contributed by atoms with van der Waals surface area (Å²) in [6, 6.07) is 0. The fourth-order valence-electron chi connectivity index (χ4n) is 1.37. The van der Waals surface area contributed by atoms with Gasteiger partial charge < -0.3 is 4.84 Å². The van der Waals surface area contributed by atoms with Gasteiger partial charge in [0, 0.05) is 6.42 Å². The maximum absolute atomic E-state index is 4.92. The van der Waals surface area contributed by atoms with Crippen LogP contribution in [0.5, 0.6) is 0 Å². The van der Waals surface area contributed by atoms with E-state index >= 15 is 0 Å². The molecule has 0 aromatic carbocycles. The zero-order chi connectivity index (χ0) is 10.6. The van der Waals surface area contributed by atoms with Gasteiger partial charge in [-0.15, -0.1) is 0 Å². The molecule has 1 heterocycles. The fraction of sp³-hybridized carbons (Fsp3) is 0.727. The number of nitrogens with one attached hydrogen (secondary N) is 1. The highest BCUT2D eigenvalue weighted by molar-refractivity contribution is 5.83. The van der Waals surface area contributed by atoms with Crippen LogP contribution in [-0.2, 0) is 4.84 Å². The molecule has 0 radical (unpaired) electrons. The summed E-state index contributed by atoms with van der Waals surface area (Å²) >= 11 is 0. The smallest absolute Gasteiger partial charge is 0.240 e. The van der Waals surface area contributed by atoms with Crippen molar-refractivity contribution in [2.45, 2.75) is 46.5 Å². The van der Waals surface area contributed by atoms with E-state index in [2.05, 4.69) is 37.8 Å². The number of nitrogens with zero attached hydrogens (tertiary/aromatic N) is 1. The van der Waals surface area contributed by atoms with Crippen LogP contribution in [0.4, 0.5) is 0 Å². The summed E-state index contributed by atoms with van der Waals surface area (Å²) in [7, 11) is 0. The first-order valence-corrected chi connectivity index (χ1v) is 5.17. The van der Waals surface area contributed by atoms with Gasteiger partial charge in [-0.2, -0.15) is 4.99 Å². The number of aliphatic imine (C=N–C) groups is 1. The largest absolute Gasteiger partial charge is 0.361 e. The molecule has 0 aromatic heterocycles. The highest BCUT2D eigenvalue weighted by atomic mass is 16.7. The van der Waals surface area contributed by atoms with Crippen molar-refractivity contribution in [3.63, 3.8) is 0 Å². The molecule has 80 valence electrons. The van der Waals surface area contributed by atoms with E-state index in [4.69, 9.17) is 4.84 Å². The predicted molar refractivity (Wildman–Crippen MR) is 58.7 cm³/mol. The summed E-state index contributed by atoms with van der Waals surface area (Å²) in [5, 5.41) is 0. The molecule has 0 unspecified atom stereocenters. The molecule has 0 atom stereocenters. The first-order valence-electron chi connectivity index (χ1n) is 5.17. The number of unbranched alkanes of at least 4 members (excludes halogenated alkanes) is 1. The highest BCUT2D eigenvalue weighted by Gasteiger charge is 2.11. The lowest BCUT2D eigenvalue weighted by Crippen LogP contribution is -2.16. The van der Waals surface area contributed by atoms with Crippen LogP contribution in [0.2, 0.25) is 0 Å². The molecule has 1 aliphatic rings. The Kier molecular flexibility index (Phi) is 3.55. The third kappa shape index (κ3) is 4.30. The number of rotatable bonds is 4. The number of amidine groups is 1. The average molecular weight is 196 g/mol. The lowest BCUT2D eigenvalue weighted by Gasteiger charge is -2.17. The Hall–Kier alpha value is -0.990. The first kappa shape index (κ1) is 11.1. The summed E-state index contributed by atoms with van der Waals surface area (Å²) < 4.78 is 0. The molecule has 0 aromatic rings. The van der Waals surface area contributed by atoms with E-state index in [0.717, 1.165) is 18.7 Å². The average Bonchev–Trinajstić information content (AvgIpc) is 2.44. The normalized spacial score (nSPS) is 16.2. The third-order valence-corrected chi connectivity index (χ3v) is 2.14. The van der Waals surface area contributed by atoms with Crippen LogP contribution in [0.3, 0.4) is 0 Å². The van der Waals surface area contributed by atoms with Crippen LogP contribution in [0, 0.1) is 5.41 Å². The van der Waals surface area contributed by atoms with Gasteiger partial charge in [0.15, 0.2) is 0 Å². The van der Waals surface area contributed by atoms with Gasteiger partial charge >= 0.3 is 0 Å². The Morgan fingerprint density at radius 2 is 2.07 bits per heavy atom. The van der Waals surface area contributed by atoms with Crippen LogP contribution < -0.4 is 5.48 Å². The molecule has 1 N–H and O–H groups in total. The van der Waals surface area contributed by atoms with Crippen molar-refractivity contribution in [1.29, 1.82) is 0 Å². The zero-order valence-corrected chi connectivity index (χ0v) is 9.39. The Labute approximate surface area is 86.2 Å². The Bertz CT molecular complexity index is 238. The van der Waals surface area contributed by atoms with Gasteiger partial charge in [0.25, 0.3) is 0 Å². The van der Waals surface area contributed by atoms with Crippen molar-refractivity contribution in [3.8, 4) is 0 Å². The molecule has 0 amide bonds. The van der Waals surface area contributed by atoms with Crippen LogP contribution >= 0.6 is 0 Å². The van der Waals surface area contributed by atoms with E-state index < -0.39 is 0 Å². The molecular weight excluding hydrogens is 176 g/mol. The van der Waals surface area contributed by atoms with E-state index in [1.165, 1.54) is 12.8 Å². The van der Waals surface area contributed by atoms with Gasteiger partial charge in [0.1, 0.15) is 5.84 Å². The predicted octanol–water partition coefficient (Wildman–Crippen LogP) is 3.00. The lowest BCUT2D eigenvalue weighted by molar-refractivity contribution is 0.177. The van der Waals surface area contributed by atoms with Gasteiger partial charge in [-0.3, -0.25) is 0 Å². The highest BCUT2D eigenvalue weighted by Crippen LogP contribution is 2.22. The lowest BCUT2D eigenvalue weighted by atomic mass is 9.89. The summed E-state index contributed by atoms with van der Waals surface area (Å²) in [6.07, 6.45) is 4.59. The Morgan fingerprint density at radius 3 is 2.57 bits per heavy atom. The quantitative estimate of drug-likeness (QED) is 0.701. The molecule has 1 aliphatic heterocycles. The minimum atomic E-state index is 0.436. The fourth-order valence-corrected chi connectivity index (χ4v) is 1.37. The Balaban J connectivity index is 2.10. The van der Waals surface area contributed by atoms with E-state index in [-0.39, 0.29) is 0 Å². The van der Waals surface area contributed by atoms with Gasteiger partial charge in [0.2, 0.25) is 5.88 Å². The minimum absolute atomic E-state index is 0.436.